The summed E-state index contributed by atoms with van der Waals surface area (Å²) in [5.74, 6) is -3.52. The average molecular weight is 807 g/mol. The van der Waals surface area contributed by atoms with Crippen molar-refractivity contribution in [2.75, 3.05) is 13.2 Å². The van der Waals surface area contributed by atoms with Gasteiger partial charge in [-0.25, -0.2) is 0 Å². The molecular weight excluding hydrogens is 753 g/mol. The first kappa shape index (κ1) is 45.6. The largest absolute Gasteiger partial charge is 0.534 e. The SMILES string of the molecule is CC(C)(C)C(=O)OC[C@H]1O[C@@H](N2CC=C(OS(=O)(=O)C(F)(F)F)CC2c2cccnc2)[C@H](OC(=O)C(C)(C)C)[C@@H](OC(=O)C(C)(C)C)[C@H]1OC(=O)C(C)(C)C. The Morgan fingerprint density at radius 3 is 1.73 bits per heavy atom. The highest BCUT2D eigenvalue weighted by molar-refractivity contribution is 7.87. The van der Waals surface area contributed by atoms with Gasteiger partial charge in [-0.2, -0.15) is 21.6 Å². The van der Waals surface area contributed by atoms with Crippen LogP contribution in [0.3, 0.4) is 0 Å². The zero-order valence-electron chi connectivity index (χ0n) is 33.3. The van der Waals surface area contributed by atoms with Crippen LogP contribution in [0.5, 0.6) is 0 Å². The third kappa shape index (κ3) is 11.6. The standard InChI is InChI=1S/C37H53F3N2O12S/c1-33(2,3)29(43)49-20-24-25(51-30(44)34(4,5)6)26(52-31(45)35(7,8)9)27(53-32(46)36(10,11)12)28(50-24)42-17-15-22(54-55(47,48)37(38,39)40)18-23(42)21-14-13-16-41-19-21/h13-16,19,23-28H,17-18,20H2,1-12H3/t23?,24-,25+,26+,27-,28-/m1/s1. The number of hydrogen-bond acceptors (Lipinski definition) is 14. The molecule has 6 atom stereocenters. The molecule has 0 bridgehead atoms. The minimum Gasteiger partial charge on any atom is -0.462 e. The zero-order valence-corrected chi connectivity index (χ0v) is 34.1. The maximum atomic E-state index is 13.7. The summed E-state index contributed by atoms with van der Waals surface area (Å²) in [5, 5.41) is 0. The highest BCUT2D eigenvalue weighted by atomic mass is 32.2. The number of halogens is 3. The van der Waals surface area contributed by atoms with E-state index in [-0.39, 0.29) is 6.54 Å². The van der Waals surface area contributed by atoms with Crippen LogP contribution in [0.25, 0.3) is 0 Å². The summed E-state index contributed by atoms with van der Waals surface area (Å²) in [7, 11) is -6.05. The van der Waals surface area contributed by atoms with E-state index in [9.17, 15) is 40.8 Å². The lowest BCUT2D eigenvalue weighted by atomic mass is 9.90. The second-order valence-electron chi connectivity index (χ2n) is 17.6. The van der Waals surface area contributed by atoms with E-state index in [1.54, 1.807) is 95.2 Å². The maximum Gasteiger partial charge on any atom is 0.534 e. The number of carbonyl (C=O) groups is 4. The van der Waals surface area contributed by atoms with Gasteiger partial charge in [-0.3, -0.25) is 29.1 Å². The quantitative estimate of drug-likeness (QED) is 0.127. The van der Waals surface area contributed by atoms with Gasteiger partial charge in [0, 0.05) is 31.4 Å². The van der Waals surface area contributed by atoms with E-state index in [0.717, 1.165) is 6.08 Å². The molecule has 0 radical (unpaired) electrons. The van der Waals surface area contributed by atoms with Crippen LogP contribution >= 0.6 is 0 Å². The third-order valence-corrected chi connectivity index (χ3v) is 9.39. The predicted molar refractivity (Wildman–Crippen MR) is 190 cm³/mol. The smallest absolute Gasteiger partial charge is 0.462 e. The Balaban J connectivity index is 2.32. The van der Waals surface area contributed by atoms with Gasteiger partial charge in [-0.05, 0) is 101 Å². The van der Waals surface area contributed by atoms with Gasteiger partial charge in [0.2, 0.25) is 0 Å². The third-order valence-electron chi connectivity index (χ3n) is 8.39. The fourth-order valence-electron chi connectivity index (χ4n) is 5.12. The topological polar surface area (TPSA) is 174 Å². The van der Waals surface area contributed by atoms with Crippen LogP contribution in [0.4, 0.5) is 13.2 Å². The van der Waals surface area contributed by atoms with Gasteiger partial charge < -0.3 is 27.9 Å². The number of rotatable bonds is 9. The molecule has 1 saturated heterocycles. The van der Waals surface area contributed by atoms with Gasteiger partial charge in [-0.15, -0.1) is 0 Å². The van der Waals surface area contributed by atoms with E-state index in [0.29, 0.717) is 5.56 Å². The molecule has 1 aromatic rings. The van der Waals surface area contributed by atoms with Crippen LogP contribution in [-0.2, 0) is 57.2 Å². The van der Waals surface area contributed by atoms with Crippen molar-refractivity contribution >= 4 is 34.0 Å². The molecule has 1 aromatic heterocycles. The molecular formula is C37H53F3N2O12S. The predicted octanol–water partition coefficient (Wildman–Crippen LogP) is 5.77. The molecule has 3 heterocycles. The first-order chi connectivity index (χ1) is 24.8. The van der Waals surface area contributed by atoms with E-state index in [1.165, 1.54) is 17.3 Å². The highest BCUT2D eigenvalue weighted by Crippen LogP contribution is 2.42. The Morgan fingerprint density at radius 1 is 0.782 bits per heavy atom. The van der Waals surface area contributed by atoms with Crippen molar-refractivity contribution in [1.29, 1.82) is 0 Å². The van der Waals surface area contributed by atoms with Crippen molar-refractivity contribution in [3.63, 3.8) is 0 Å². The van der Waals surface area contributed by atoms with Crippen LogP contribution in [0, 0.1) is 21.7 Å². The number of nitrogens with zero attached hydrogens (tertiary/aromatic N) is 2. The monoisotopic (exact) mass is 806 g/mol. The lowest BCUT2D eigenvalue weighted by Crippen LogP contribution is -2.67. The van der Waals surface area contributed by atoms with Crippen molar-refractivity contribution in [2.24, 2.45) is 21.7 Å². The lowest BCUT2D eigenvalue weighted by Gasteiger charge is -2.51. The molecule has 0 aliphatic carbocycles. The first-order valence-electron chi connectivity index (χ1n) is 17.7. The molecule has 2 aliphatic heterocycles. The molecule has 0 spiro atoms. The number of alkyl halides is 3. The van der Waals surface area contributed by atoms with Crippen LogP contribution < -0.4 is 0 Å². The molecule has 0 saturated carbocycles. The highest BCUT2D eigenvalue weighted by Gasteiger charge is 2.57. The molecule has 1 unspecified atom stereocenters. The summed E-state index contributed by atoms with van der Waals surface area (Å²) in [6.07, 6.45) is -4.13. The maximum absolute atomic E-state index is 13.7. The molecule has 0 aromatic carbocycles. The summed E-state index contributed by atoms with van der Waals surface area (Å²) in [6.45, 7) is 18.1. The van der Waals surface area contributed by atoms with Crippen molar-refractivity contribution < 1.29 is 68.6 Å². The fourth-order valence-corrected chi connectivity index (χ4v) is 5.63. The van der Waals surface area contributed by atoms with E-state index in [1.807, 2.05) is 0 Å². The Bertz CT molecular complexity index is 1710. The summed E-state index contributed by atoms with van der Waals surface area (Å²) < 4.78 is 99.2. The molecule has 3 rings (SSSR count). The second-order valence-corrected chi connectivity index (χ2v) is 19.2. The molecule has 0 amide bonds. The molecule has 14 nitrogen and oxygen atoms in total. The minimum absolute atomic E-state index is 0.364. The van der Waals surface area contributed by atoms with Crippen molar-refractivity contribution in [1.82, 2.24) is 9.88 Å². The Hall–Kier alpha value is -3.77. The Kier molecular flexibility index (Phi) is 13.6. The van der Waals surface area contributed by atoms with E-state index in [4.69, 9.17) is 23.7 Å². The Labute approximate surface area is 320 Å². The van der Waals surface area contributed by atoms with Crippen LogP contribution in [0.1, 0.15) is 101 Å². The van der Waals surface area contributed by atoms with Crippen LogP contribution in [0.2, 0.25) is 0 Å². The van der Waals surface area contributed by atoms with Crippen molar-refractivity contribution in [2.45, 2.75) is 132 Å². The normalized spacial score (nSPS) is 24.6. The molecule has 310 valence electrons. The van der Waals surface area contributed by atoms with Gasteiger partial charge >= 0.3 is 39.5 Å². The van der Waals surface area contributed by atoms with Gasteiger partial charge in [0.25, 0.3) is 0 Å². The van der Waals surface area contributed by atoms with E-state index < -0.39 is 117 Å². The summed E-state index contributed by atoms with van der Waals surface area (Å²) in [4.78, 5) is 59.6. The second kappa shape index (κ2) is 16.4. The van der Waals surface area contributed by atoms with Gasteiger partial charge in [-0.1, -0.05) is 6.07 Å². The zero-order chi connectivity index (χ0) is 42.1. The first-order valence-corrected chi connectivity index (χ1v) is 19.1. The number of esters is 4. The van der Waals surface area contributed by atoms with Gasteiger partial charge in [0.1, 0.15) is 18.5 Å². The van der Waals surface area contributed by atoms with Crippen LogP contribution in [0.15, 0.2) is 36.4 Å². The fraction of sp³-hybridized carbons (Fsp3) is 0.703. The molecule has 18 heteroatoms. The molecule has 0 N–H and O–H groups in total. The molecule has 2 aliphatic rings. The van der Waals surface area contributed by atoms with E-state index >= 15 is 0 Å². The summed E-state index contributed by atoms with van der Waals surface area (Å²) in [6, 6.07) is 2.07. The number of aromatic nitrogens is 1. The summed E-state index contributed by atoms with van der Waals surface area (Å²) >= 11 is 0. The minimum atomic E-state index is -6.05. The van der Waals surface area contributed by atoms with Gasteiger partial charge in [0.15, 0.2) is 24.5 Å². The number of hydrogen-bond donors (Lipinski definition) is 0. The molecule has 1 fully saturated rings. The van der Waals surface area contributed by atoms with Crippen molar-refractivity contribution in [3.8, 4) is 0 Å². The van der Waals surface area contributed by atoms with Crippen molar-refractivity contribution in [3.05, 3.63) is 41.9 Å². The number of ether oxygens (including phenoxy) is 5. The number of carbonyl (C=O) groups excluding carboxylic acids is 4. The Morgan fingerprint density at radius 2 is 1.27 bits per heavy atom. The van der Waals surface area contributed by atoms with Gasteiger partial charge in [0.05, 0.1) is 21.7 Å². The summed E-state index contributed by atoms with van der Waals surface area (Å²) in [5.41, 5.74) is -9.71. The molecule has 55 heavy (non-hydrogen) atoms. The number of pyridine rings is 1. The average Bonchev–Trinajstić information content (AvgIpc) is 3.03. The lowest BCUT2D eigenvalue weighted by molar-refractivity contribution is -0.288. The van der Waals surface area contributed by atoms with E-state index in [2.05, 4.69) is 9.17 Å². The van der Waals surface area contributed by atoms with Crippen LogP contribution in [-0.4, -0.2) is 91.5 Å².